The molecule has 0 spiro atoms. The second-order valence-electron chi connectivity index (χ2n) is 8.01. The number of amides is 1. The number of hydrazone groups is 1. The third-order valence-corrected chi connectivity index (χ3v) is 5.73. The topological polar surface area (TPSA) is 50.7 Å². The van der Waals surface area contributed by atoms with Crippen molar-refractivity contribution in [1.29, 1.82) is 0 Å². The van der Waals surface area contributed by atoms with Gasteiger partial charge in [-0.3, -0.25) is 4.79 Å². The van der Waals surface area contributed by atoms with Crippen LogP contribution in [0, 0.1) is 13.8 Å². The first-order valence-electron chi connectivity index (χ1n) is 10.8. The zero-order valence-corrected chi connectivity index (χ0v) is 19.4. The number of carbonyl (C=O) groups is 1. The van der Waals surface area contributed by atoms with E-state index in [4.69, 9.17) is 16.3 Å². The van der Waals surface area contributed by atoms with Crippen LogP contribution in [0.15, 0.2) is 84.0 Å². The maximum absolute atomic E-state index is 12.5. The van der Waals surface area contributed by atoms with E-state index in [1.54, 1.807) is 6.21 Å². The Morgan fingerprint density at radius 3 is 2.61 bits per heavy atom. The van der Waals surface area contributed by atoms with E-state index >= 15 is 0 Å². The van der Waals surface area contributed by atoms with Crippen LogP contribution in [0.4, 0.5) is 0 Å². The number of rotatable bonds is 7. The van der Waals surface area contributed by atoms with Crippen LogP contribution in [0.25, 0.3) is 10.8 Å². The Hall–Kier alpha value is -3.63. The molecule has 166 valence electrons. The van der Waals surface area contributed by atoms with Crippen molar-refractivity contribution in [1.82, 2.24) is 5.43 Å². The molecule has 0 heterocycles. The number of nitrogens with one attached hydrogen (secondary N) is 1. The van der Waals surface area contributed by atoms with Gasteiger partial charge in [0.2, 0.25) is 5.91 Å². The molecule has 4 aromatic carbocycles. The van der Waals surface area contributed by atoms with Gasteiger partial charge in [-0.2, -0.15) is 5.10 Å². The fourth-order valence-corrected chi connectivity index (χ4v) is 3.77. The highest BCUT2D eigenvalue weighted by molar-refractivity contribution is 6.30. The van der Waals surface area contributed by atoms with Crippen LogP contribution in [-0.4, -0.2) is 12.1 Å². The lowest BCUT2D eigenvalue weighted by atomic mass is 10.0. The van der Waals surface area contributed by atoms with Crippen molar-refractivity contribution in [2.75, 3.05) is 0 Å². The summed E-state index contributed by atoms with van der Waals surface area (Å²) in [7, 11) is 0. The Kier molecular flexibility index (Phi) is 7.06. The zero-order valence-electron chi connectivity index (χ0n) is 18.6. The third kappa shape index (κ3) is 5.79. The zero-order chi connectivity index (χ0) is 23.2. The number of nitrogens with zero attached hydrogens (tertiary/aromatic N) is 1. The molecule has 0 aliphatic carbocycles. The summed E-state index contributed by atoms with van der Waals surface area (Å²) in [5, 5.41) is 7.00. The number of hydrogen-bond acceptors (Lipinski definition) is 3. The quantitative estimate of drug-likeness (QED) is 0.259. The predicted molar refractivity (Wildman–Crippen MR) is 135 cm³/mol. The fraction of sp³-hybridized carbons (Fsp3) is 0.143. The molecule has 0 fully saturated rings. The number of hydrogen-bond donors (Lipinski definition) is 1. The van der Waals surface area contributed by atoms with Gasteiger partial charge in [-0.15, -0.1) is 0 Å². The van der Waals surface area contributed by atoms with Gasteiger partial charge in [-0.1, -0.05) is 77.8 Å². The second kappa shape index (κ2) is 10.3. The Morgan fingerprint density at radius 1 is 1.00 bits per heavy atom. The summed E-state index contributed by atoms with van der Waals surface area (Å²) in [5.41, 5.74) is 7.70. The van der Waals surface area contributed by atoms with E-state index in [1.807, 2.05) is 92.7 Å². The van der Waals surface area contributed by atoms with E-state index in [9.17, 15) is 4.79 Å². The van der Waals surface area contributed by atoms with Crippen molar-refractivity contribution < 1.29 is 9.53 Å². The fourth-order valence-electron chi connectivity index (χ4n) is 3.65. The van der Waals surface area contributed by atoms with E-state index in [1.165, 1.54) is 0 Å². The van der Waals surface area contributed by atoms with Crippen molar-refractivity contribution >= 4 is 34.5 Å². The number of halogens is 1. The number of aryl methyl sites for hydroxylation is 2. The molecule has 4 nitrogen and oxygen atoms in total. The Bertz CT molecular complexity index is 1310. The van der Waals surface area contributed by atoms with Gasteiger partial charge < -0.3 is 4.74 Å². The van der Waals surface area contributed by atoms with Crippen LogP contribution in [0.2, 0.25) is 5.02 Å². The summed E-state index contributed by atoms with van der Waals surface area (Å²) in [6.45, 7) is 4.42. The molecule has 0 saturated heterocycles. The van der Waals surface area contributed by atoms with Gasteiger partial charge >= 0.3 is 0 Å². The van der Waals surface area contributed by atoms with Crippen molar-refractivity contribution in [3.05, 3.63) is 112 Å². The molecule has 4 rings (SSSR count). The Morgan fingerprint density at radius 2 is 1.79 bits per heavy atom. The highest BCUT2D eigenvalue weighted by Gasteiger charge is 2.09. The molecule has 0 aliphatic rings. The molecular formula is C28H25ClN2O2. The Balaban J connectivity index is 1.52. The molecule has 0 atom stereocenters. The molecule has 0 unspecified atom stereocenters. The molecule has 0 bridgehead atoms. The van der Waals surface area contributed by atoms with Gasteiger partial charge in [0.15, 0.2) is 0 Å². The van der Waals surface area contributed by atoms with Gasteiger partial charge in [0.05, 0.1) is 12.6 Å². The first-order chi connectivity index (χ1) is 16.0. The van der Waals surface area contributed by atoms with Crippen LogP contribution in [0.3, 0.4) is 0 Å². The van der Waals surface area contributed by atoms with E-state index in [-0.39, 0.29) is 12.3 Å². The van der Waals surface area contributed by atoms with Crippen LogP contribution in [0.5, 0.6) is 5.75 Å². The second-order valence-corrected chi connectivity index (χ2v) is 8.45. The highest BCUT2D eigenvalue weighted by atomic mass is 35.5. The third-order valence-electron chi connectivity index (χ3n) is 5.48. The van der Waals surface area contributed by atoms with Crippen molar-refractivity contribution in [2.45, 2.75) is 26.9 Å². The number of ether oxygens (including phenoxy) is 1. The average Bonchev–Trinajstić information content (AvgIpc) is 2.81. The summed E-state index contributed by atoms with van der Waals surface area (Å²) in [4.78, 5) is 12.5. The minimum atomic E-state index is -0.163. The molecule has 0 aliphatic heterocycles. The predicted octanol–water partition coefficient (Wildman–Crippen LogP) is 6.38. The minimum absolute atomic E-state index is 0.163. The molecule has 0 saturated carbocycles. The smallest absolute Gasteiger partial charge is 0.244 e. The minimum Gasteiger partial charge on any atom is -0.488 e. The lowest BCUT2D eigenvalue weighted by Crippen LogP contribution is -2.20. The van der Waals surface area contributed by atoms with Gasteiger partial charge in [0.25, 0.3) is 0 Å². The first-order valence-corrected chi connectivity index (χ1v) is 11.1. The number of carbonyl (C=O) groups excluding carboxylic acids is 1. The average molecular weight is 457 g/mol. The molecule has 1 N–H and O–H groups in total. The molecule has 0 aromatic heterocycles. The summed E-state index contributed by atoms with van der Waals surface area (Å²) >= 11 is 5.98. The maximum atomic E-state index is 12.5. The lowest BCUT2D eigenvalue weighted by Gasteiger charge is -2.12. The van der Waals surface area contributed by atoms with Crippen molar-refractivity contribution in [3.8, 4) is 5.75 Å². The molecule has 1 amide bonds. The number of fused-ring (bicyclic) bond motifs is 1. The molecule has 33 heavy (non-hydrogen) atoms. The lowest BCUT2D eigenvalue weighted by molar-refractivity contribution is -0.120. The molecule has 4 aromatic rings. The van der Waals surface area contributed by atoms with E-state index in [0.717, 1.165) is 38.6 Å². The van der Waals surface area contributed by atoms with Crippen LogP contribution < -0.4 is 10.2 Å². The van der Waals surface area contributed by atoms with E-state index < -0.39 is 0 Å². The van der Waals surface area contributed by atoms with Gasteiger partial charge in [-0.05, 0) is 59.5 Å². The number of benzene rings is 4. The van der Waals surface area contributed by atoms with Crippen molar-refractivity contribution in [3.63, 3.8) is 0 Å². The van der Waals surface area contributed by atoms with Gasteiger partial charge in [0.1, 0.15) is 12.4 Å². The van der Waals surface area contributed by atoms with Gasteiger partial charge in [-0.25, -0.2) is 5.43 Å². The van der Waals surface area contributed by atoms with E-state index in [2.05, 4.69) is 10.5 Å². The molecule has 0 radical (unpaired) electrons. The van der Waals surface area contributed by atoms with Gasteiger partial charge in [0, 0.05) is 10.6 Å². The van der Waals surface area contributed by atoms with E-state index in [0.29, 0.717) is 17.4 Å². The monoisotopic (exact) mass is 456 g/mol. The summed E-state index contributed by atoms with van der Waals surface area (Å²) in [6, 6.07) is 25.6. The standard InChI is InChI=1S/C28H25ClN2O2/c1-19-7-8-20(2)23(15-19)16-28(32)31-30-17-26-25-6-4-3-5-22(25)11-14-27(26)33-18-21-9-12-24(29)13-10-21/h3-15,17H,16,18H2,1-2H3,(H,31,32)/b30-17-. The van der Waals surface area contributed by atoms with Crippen LogP contribution in [0.1, 0.15) is 27.8 Å². The Labute approximate surface area is 198 Å². The van der Waals surface area contributed by atoms with Crippen LogP contribution >= 0.6 is 11.6 Å². The molecular weight excluding hydrogens is 432 g/mol. The first kappa shape index (κ1) is 22.6. The van der Waals surface area contributed by atoms with Crippen molar-refractivity contribution in [2.24, 2.45) is 5.10 Å². The summed E-state index contributed by atoms with van der Waals surface area (Å²) in [5.74, 6) is 0.528. The molecule has 5 heteroatoms. The SMILES string of the molecule is Cc1ccc(C)c(CC(=O)N/N=C\c2c(OCc3ccc(Cl)cc3)ccc3ccccc23)c1. The normalized spacial score (nSPS) is 11.1. The highest BCUT2D eigenvalue weighted by Crippen LogP contribution is 2.27. The summed E-state index contributed by atoms with van der Waals surface area (Å²) < 4.78 is 6.11. The van der Waals surface area contributed by atoms with Crippen LogP contribution in [-0.2, 0) is 17.8 Å². The maximum Gasteiger partial charge on any atom is 0.244 e. The largest absolute Gasteiger partial charge is 0.488 e. The summed E-state index contributed by atoms with van der Waals surface area (Å²) in [6.07, 6.45) is 1.93.